The van der Waals surface area contributed by atoms with Gasteiger partial charge in [-0.3, -0.25) is 9.59 Å². The van der Waals surface area contributed by atoms with E-state index in [1.165, 1.54) is 0 Å². The highest BCUT2D eigenvalue weighted by Gasteiger charge is 2.13. The molecule has 0 radical (unpaired) electrons. The predicted molar refractivity (Wildman–Crippen MR) is 57.5 cm³/mol. The van der Waals surface area contributed by atoms with Crippen LogP contribution in [0.15, 0.2) is 30.3 Å². The van der Waals surface area contributed by atoms with Crippen molar-refractivity contribution in [2.75, 3.05) is 0 Å². The number of nitrogens with two attached hydrogens (primary N) is 2. The second-order valence-corrected chi connectivity index (χ2v) is 2.95. The second-order valence-electron chi connectivity index (χ2n) is 2.95. The lowest BCUT2D eigenvalue weighted by atomic mass is 10.2. The van der Waals surface area contributed by atoms with Crippen LogP contribution >= 0.6 is 0 Å². The fraction of sp³-hybridized carbons (Fsp3) is 0.200. The molecule has 6 heteroatoms. The van der Waals surface area contributed by atoms with Crippen molar-refractivity contribution >= 4 is 11.9 Å². The van der Waals surface area contributed by atoms with Gasteiger partial charge in [0.25, 0.3) is 0 Å². The fourth-order valence-electron chi connectivity index (χ4n) is 0.732. The first kappa shape index (κ1) is 13.9. The topological polar surface area (TPSA) is 127 Å². The van der Waals surface area contributed by atoms with E-state index in [2.05, 4.69) is 5.73 Å². The molecule has 0 aromatic heterocycles. The van der Waals surface area contributed by atoms with Crippen LogP contribution in [0.4, 0.5) is 0 Å². The van der Waals surface area contributed by atoms with E-state index in [9.17, 15) is 9.59 Å². The Morgan fingerprint density at radius 3 is 1.94 bits per heavy atom. The van der Waals surface area contributed by atoms with Crippen LogP contribution in [0, 0.1) is 0 Å². The number of carbonyl (C=O) groups is 2. The maximum absolute atomic E-state index is 9.99. The molecule has 88 valence electrons. The Bertz CT molecular complexity index is 340. The summed E-state index contributed by atoms with van der Waals surface area (Å²) in [7, 11) is 0. The molecule has 0 aliphatic carbocycles. The van der Waals surface area contributed by atoms with Crippen LogP contribution in [-0.4, -0.2) is 28.1 Å². The Labute approximate surface area is 92.5 Å². The van der Waals surface area contributed by atoms with E-state index in [1.54, 1.807) is 24.3 Å². The number of benzene rings is 1. The second kappa shape index (κ2) is 7.24. The summed E-state index contributed by atoms with van der Waals surface area (Å²) in [6.45, 7) is 0. The highest BCUT2D eigenvalue weighted by molar-refractivity contribution is 5.83. The summed E-state index contributed by atoms with van der Waals surface area (Å²) in [6, 6.07) is 7.55. The third-order valence-corrected chi connectivity index (χ3v) is 1.49. The summed E-state index contributed by atoms with van der Waals surface area (Å²) in [4.78, 5) is 19.9. The Kier molecular flexibility index (Phi) is 6.30. The first-order valence-electron chi connectivity index (χ1n) is 4.44. The number of primary amides is 1. The molecular formula is C10H14N2O4. The molecule has 0 fully saturated rings. The number of aliphatic carboxylic acids is 1. The smallest absolute Gasteiger partial charge is 0.321 e. The summed E-state index contributed by atoms with van der Waals surface area (Å²) >= 11 is 0. The number of para-hydroxylation sites is 1. The van der Waals surface area contributed by atoms with Gasteiger partial charge in [0.1, 0.15) is 11.8 Å². The molecule has 0 bridgehead atoms. The molecule has 0 spiro atoms. The Morgan fingerprint density at radius 2 is 1.75 bits per heavy atom. The Morgan fingerprint density at radius 1 is 1.25 bits per heavy atom. The Balaban J connectivity index is 0.000000288. The first-order valence-corrected chi connectivity index (χ1v) is 4.44. The molecule has 1 rings (SSSR count). The maximum Gasteiger partial charge on any atom is 0.321 e. The summed E-state index contributed by atoms with van der Waals surface area (Å²) in [5.41, 5.74) is 9.57. The van der Waals surface area contributed by atoms with Crippen molar-refractivity contribution in [3.05, 3.63) is 30.3 Å². The van der Waals surface area contributed by atoms with Gasteiger partial charge in [-0.25, -0.2) is 0 Å². The molecule has 0 unspecified atom stereocenters. The van der Waals surface area contributed by atoms with Crippen LogP contribution < -0.4 is 11.5 Å². The van der Waals surface area contributed by atoms with E-state index in [-0.39, 0.29) is 6.42 Å². The lowest BCUT2D eigenvalue weighted by Gasteiger charge is -1.99. The molecule has 16 heavy (non-hydrogen) atoms. The summed E-state index contributed by atoms with van der Waals surface area (Å²) in [5, 5.41) is 16.7. The van der Waals surface area contributed by atoms with E-state index in [0.29, 0.717) is 5.75 Å². The van der Waals surface area contributed by atoms with Gasteiger partial charge in [-0.2, -0.15) is 0 Å². The quantitative estimate of drug-likeness (QED) is 0.561. The molecule has 0 saturated heterocycles. The van der Waals surface area contributed by atoms with E-state index in [0.717, 1.165) is 0 Å². The molecule has 1 atom stereocenters. The molecule has 1 aromatic carbocycles. The van der Waals surface area contributed by atoms with Crippen LogP contribution in [0.1, 0.15) is 6.42 Å². The minimum Gasteiger partial charge on any atom is -0.508 e. The van der Waals surface area contributed by atoms with Gasteiger partial charge >= 0.3 is 5.97 Å². The van der Waals surface area contributed by atoms with Crippen LogP contribution in [-0.2, 0) is 9.59 Å². The number of carboxylic acid groups (broad SMARTS) is 1. The van der Waals surface area contributed by atoms with Gasteiger partial charge in [0.2, 0.25) is 5.91 Å². The molecule has 0 aliphatic rings. The predicted octanol–water partition coefficient (Wildman–Crippen LogP) is -0.334. The van der Waals surface area contributed by atoms with Crippen molar-refractivity contribution in [2.45, 2.75) is 12.5 Å². The van der Waals surface area contributed by atoms with Crippen molar-refractivity contribution in [3.63, 3.8) is 0 Å². The van der Waals surface area contributed by atoms with Crippen LogP contribution in [0.25, 0.3) is 0 Å². The summed E-state index contributed by atoms with van der Waals surface area (Å²) in [5.74, 6) is -1.60. The molecule has 0 saturated carbocycles. The van der Waals surface area contributed by atoms with Crippen molar-refractivity contribution < 1.29 is 19.8 Å². The molecule has 1 aromatic rings. The fourth-order valence-corrected chi connectivity index (χ4v) is 0.732. The van der Waals surface area contributed by atoms with Gasteiger partial charge in [0.05, 0.1) is 6.42 Å². The van der Waals surface area contributed by atoms with Crippen molar-refractivity contribution in [1.29, 1.82) is 0 Å². The minimum absolute atomic E-state index is 0.310. The number of aromatic hydroxyl groups is 1. The molecule has 0 heterocycles. The van der Waals surface area contributed by atoms with E-state index in [1.807, 2.05) is 6.07 Å². The van der Waals surface area contributed by atoms with Gasteiger partial charge < -0.3 is 21.7 Å². The zero-order chi connectivity index (χ0) is 12.6. The minimum atomic E-state index is -1.21. The number of phenols is 1. The highest BCUT2D eigenvalue weighted by Crippen LogP contribution is 2.02. The van der Waals surface area contributed by atoms with Gasteiger partial charge in [-0.1, -0.05) is 18.2 Å². The number of rotatable bonds is 3. The number of carboxylic acids is 1. The molecular weight excluding hydrogens is 212 g/mol. The summed E-state index contributed by atoms with van der Waals surface area (Å²) < 4.78 is 0. The van der Waals surface area contributed by atoms with Crippen molar-refractivity contribution in [2.24, 2.45) is 11.5 Å². The summed E-state index contributed by atoms with van der Waals surface area (Å²) in [6.07, 6.45) is -0.310. The lowest BCUT2D eigenvalue weighted by Crippen LogP contribution is -2.34. The first-order chi connectivity index (χ1) is 7.43. The molecule has 6 nitrogen and oxygen atoms in total. The van der Waals surface area contributed by atoms with Crippen LogP contribution in [0.2, 0.25) is 0 Å². The monoisotopic (exact) mass is 226 g/mol. The molecule has 0 aliphatic heterocycles. The number of carbonyl (C=O) groups excluding carboxylic acids is 1. The van der Waals surface area contributed by atoms with Gasteiger partial charge in [-0.15, -0.1) is 0 Å². The normalized spacial score (nSPS) is 10.8. The maximum atomic E-state index is 9.99. The lowest BCUT2D eigenvalue weighted by molar-refractivity contribution is -0.140. The zero-order valence-electron chi connectivity index (χ0n) is 8.54. The van der Waals surface area contributed by atoms with Crippen molar-refractivity contribution in [3.8, 4) is 5.75 Å². The standard InChI is InChI=1S/C6H6O.C4H8N2O3/c7-6-4-2-1-3-5-6;5-2(4(8)9)1-3(6)7/h1-5,7H;2H,1,5H2,(H2,6,7)(H,8,9)/t;2-/m.0/s1. The number of hydrogen-bond acceptors (Lipinski definition) is 4. The SMILES string of the molecule is NC(=O)C[C@H](N)C(=O)O.Oc1ccccc1. The van der Waals surface area contributed by atoms with E-state index >= 15 is 0 Å². The largest absolute Gasteiger partial charge is 0.508 e. The number of phenolic OH excluding ortho intramolecular Hbond substituents is 1. The van der Waals surface area contributed by atoms with Crippen LogP contribution in [0.5, 0.6) is 5.75 Å². The number of hydrogen-bond donors (Lipinski definition) is 4. The van der Waals surface area contributed by atoms with Gasteiger partial charge in [0.15, 0.2) is 0 Å². The van der Waals surface area contributed by atoms with Crippen molar-refractivity contribution in [1.82, 2.24) is 0 Å². The van der Waals surface area contributed by atoms with Gasteiger partial charge in [0, 0.05) is 0 Å². The van der Waals surface area contributed by atoms with Crippen LogP contribution in [0.3, 0.4) is 0 Å². The van der Waals surface area contributed by atoms with E-state index in [4.69, 9.17) is 15.9 Å². The molecule has 6 N–H and O–H groups in total. The highest BCUT2D eigenvalue weighted by atomic mass is 16.4. The van der Waals surface area contributed by atoms with E-state index < -0.39 is 17.9 Å². The molecule has 1 amide bonds. The zero-order valence-corrected chi connectivity index (χ0v) is 8.54. The average Bonchev–Trinajstić information content (AvgIpc) is 2.18. The van der Waals surface area contributed by atoms with Gasteiger partial charge in [-0.05, 0) is 12.1 Å². The third kappa shape index (κ3) is 7.34. The third-order valence-electron chi connectivity index (χ3n) is 1.49. The Hall–Kier alpha value is -2.08. The average molecular weight is 226 g/mol. The number of amides is 1.